The zero-order valence-corrected chi connectivity index (χ0v) is 20.0. The van der Waals surface area contributed by atoms with Crippen molar-refractivity contribution in [1.29, 1.82) is 0 Å². The molecule has 1 atom stereocenters. The number of rotatable bonds is 9. The Hall–Kier alpha value is -3.36. The van der Waals surface area contributed by atoms with Crippen LogP contribution in [0.4, 0.5) is 5.69 Å². The maximum atomic E-state index is 12.9. The fraction of sp³-hybridized carbons (Fsp3) is 0.240. The van der Waals surface area contributed by atoms with Crippen molar-refractivity contribution in [2.45, 2.75) is 17.9 Å². The highest BCUT2D eigenvalue weighted by atomic mass is 32.2. The number of anilines is 1. The maximum absolute atomic E-state index is 12.9. The summed E-state index contributed by atoms with van der Waals surface area (Å²) >= 11 is 0. The number of nitrogens with zero attached hydrogens (tertiary/aromatic N) is 1. The van der Waals surface area contributed by atoms with Gasteiger partial charge < -0.3 is 15.0 Å². The zero-order valence-electron chi connectivity index (χ0n) is 19.2. The number of aryl methyl sites for hydroxylation is 1. The minimum Gasteiger partial charge on any atom is -0.496 e. The summed E-state index contributed by atoms with van der Waals surface area (Å²) < 4.78 is 33.6. The van der Waals surface area contributed by atoms with E-state index in [4.69, 9.17) is 4.74 Å². The van der Waals surface area contributed by atoms with Gasteiger partial charge in [-0.3, -0.25) is 9.52 Å². The fourth-order valence-corrected chi connectivity index (χ4v) is 4.55. The molecule has 0 heterocycles. The van der Waals surface area contributed by atoms with Crippen LogP contribution in [-0.4, -0.2) is 47.0 Å². The highest BCUT2D eigenvalue weighted by Crippen LogP contribution is 2.27. The minimum atomic E-state index is -3.83. The average Bonchev–Trinajstić information content (AvgIpc) is 2.80. The summed E-state index contributed by atoms with van der Waals surface area (Å²) in [4.78, 5) is 14.9. The SMILES string of the molecule is COc1ccccc1[C@H](CNC(=O)c1cccc(S(=O)(=O)Nc2ccc(C)cc2)c1)N(C)C. The van der Waals surface area contributed by atoms with Gasteiger partial charge in [0.25, 0.3) is 15.9 Å². The summed E-state index contributed by atoms with van der Waals surface area (Å²) in [6.45, 7) is 2.25. The Labute approximate surface area is 195 Å². The molecule has 0 unspecified atom stereocenters. The number of likely N-dealkylation sites (N-methyl/N-ethyl adjacent to an activating group) is 1. The van der Waals surface area contributed by atoms with E-state index >= 15 is 0 Å². The van der Waals surface area contributed by atoms with E-state index in [1.54, 1.807) is 31.4 Å². The predicted molar refractivity (Wildman–Crippen MR) is 130 cm³/mol. The zero-order chi connectivity index (χ0) is 24.0. The van der Waals surface area contributed by atoms with Crippen LogP contribution < -0.4 is 14.8 Å². The van der Waals surface area contributed by atoms with Crippen molar-refractivity contribution in [3.63, 3.8) is 0 Å². The van der Waals surface area contributed by atoms with Gasteiger partial charge in [-0.25, -0.2) is 8.42 Å². The van der Waals surface area contributed by atoms with E-state index in [9.17, 15) is 13.2 Å². The molecule has 1 amide bonds. The van der Waals surface area contributed by atoms with Crippen LogP contribution in [0, 0.1) is 6.92 Å². The van der Waals surface area contributed by atoms with Gasteiger partial charge in [-0.1, -0.05) is 42.0 Å². The molecule has 3 rings (SSSR count). The summed E-state index contributed by atoms with van der Waals surface area (Å²) in [5.74, 6) is 0.379. The average molecular weight is 468 g/mol. The van der Waals surface area contributed by atoms with Crippen LogP contribution in [0.2, 0.25) is 0 Å². The molecular weight excluding hydrogens is 438 g/mol. The largest absolute Gasteiger partial charge is 0.496 e. The standard InChI is InChI=1S/C25H29N3O4S/c1-18-12-14-20(15-13-18)27-33(30,31)21-9-7-8-19(16-21)25(29)26-17-23(28(2)3)22-10-5-6-11-24(22)32-4/h5-16,23,27H,17H2,1-4H3,(H,26,29)/t23-/m0/s1. The van der Waals surface area contributed by atoms with E-state index < -0.39 is 10.0 Å². The first-order chi connectivity index (χ1) is 15.7. The van der Waals surface area contributed by atoms with Gasteiger partial charge in [-0.05, 0) is 57.4 Å². The number of para-hydroxylation sites is 1. The third-order valence-corrected chi connectivity index (χ3v) is 6.67. The Morgan fingerprint density at radius 2 is 1.70 bits per heavy atom. The van der Waals surface area contributed by atoms with Crippen molar-refractivity contribution < 1.29 is 17.9 Å². The minimum absolute atomic E-state index is 0.0182. The molecule has 0 spiro atoms. The summed E-state index contributed by atoms with van der Waals surface area (Å²) in [7, 11) is 1.63. The van der Waals surface area contributed by atoms with Gasteiger partial charge in [0.1, 0.15) is 5.75 Å². The second kappa shape index (κ2) is 10.5. The molecule has 0 aliphatic heterocycles. The monoisotopic (exact) mass is 467 g/mol. The molecule has 2 N–H and O–H groups in total. The van der Waals surface area contributed by atoms with E-state index in [1.165, 1.54) is 12.1 Å². The number of sulfonamides is 1. The third-order valence-electron chi connectivity index (χ3n) is 5.29. The topological polar surface area (TPSA) is 87.7 Å². The Morgan fingerprint density at radius 3 is 2.36 bits per heavy atom. The quantitative estimate of drug-likeness (QED) is 0.499. The van der Waals surface area contributed by atoms with Gasteiger partial charge in [0, 0.05) is 23.4 Å². The highest BCUT2D eigenvalue weighted by Gasteiger charge is 2.21. The number of benzene rings is 3. The van der Waals surface area contributed by atoms with Crippen LogP contribution in [0.3, 0.4) is 0 Å². The van der Waals surface area contributed by atoms with Gasteiger partial charge >= 0.3 is 0 Å². The lowest BCUT2D eigenvalue weighted by atomic mass is 10.0. The molecule has 3 aromatic carbocycles. The summed E-state index contributed by atoms with van der Waals surface area (Å²) in [6, 6.07) is 20.6. The van der Waals surface area contributed by atoms with E-state index in [0.29, 0.717) is 12.2 Å². The molecule has 3 aromatic rings. The van der Waals surface area contributed by atoms with Gasteiger partial charge in [0.2, 0.25) is 0 Å². The van der Waals surface area contributed by atoms with E-state index in [-0.39, 0.29) is 22.4 Å². The molecule has 7 nitrogen and oxygen atoms in total. The first-order valence-corrected chi connectivity index (χ1v) is 12.0. The van der Waals surface area contributed by atoms with Crippen molar-refractivity contribution in [3.05, 3.63) is 89.5 Å². The maximum Gasteiger partial charge on any atom is 0.261 e. The molecular formula is C25H29N3O4S. The molecule has 0 aromatic heterocycles. The lowest BCUT2D eigenvalue weighted by Crippen LogP contribution is -2.34. The first kappa shape index (κ1) is 24.3. The van der Waals surface area contributed by atoms with Crippen molar-refractivity contribution in [2.75, 3.05) is 32.5 Å². The van der Waals surface area contributed by atoms with Crippen molar-refractivity contribution in [1.82, 2.24) is 10.2 Å². The third kappa shape index (κ3) is 6.12. The van der Waals surface area contributed by atoms with Crippen LogP contribution in [0.25, 0.3) is 0 Å². The molecule has 0 saturated heterocycles. The number of hydrogen-bond donors (Lipinski definition) is 2. The lowest BCUT2D eigenvalue weighted by Gasteiger charge is -2.26. The van der Waals surface area contributed by atoms with Crippen molar-refractivity contribution in [3.8, 4) is 5.75 Å². The molecule has 0 aliphatic carbocycles. The van der Waals surface area contributed by atoms with Crippen LogP contribution in [0.1, 0.15) is 27.5 Å². The number of amides is 1. The Morgan fingerprint density at radius 1 is 1.00 bits per heavy atom. The molecule has 174 valence electrons. The molecule has 33 heavy (non-hydrogen) atoms. The van der Waals surface area contributed by atoms with Crippen molar-refractivity contribution >= 4 is 21.6 Å². The van der Waals surface area contributed by atoms with Crippen LogP contribution in [-0.2, 0) is 10.0 Å². The van der Waals surface area contributed by atoms with Crippen LogP contribution >= 0.6 is 0 Å². The van der Waals surface area contributed by atoms with Gasteiger partial charge in [-0.2, -0.15) is 0 Å². The number of carbonyl (C=O) groups is 1. The number of methoxy groups -OCH3 is 1. The number of carbonyl (C=O) groups excluding carboxylic acids is 1. The summed E-state index contributed by atoms with van der Waals surface area (Å²) in [5.41, 5.74) is 2.70. The van der Waals surface area contributed by atoms with E-state index in [1.807, 2.05) is 62.3 Å². The Bertz CT molecular complexity index is 1210. The Kier molecular flexibility index (Phi) is 7.73. The van der Waals surface area contributed by atoms with E-state index in [0.717, 1.165) is 16.9 Å². The predicted octanol–water partition coefficient (Wildman–Crippen LogP) is 3.84. The van der Waals surface area contributed by atoms with Gasteiger partial charge in [0.15, 0.2) is 0 Å². The molecule has 0 saturated carbocycles. The van der Waals surface area contributed by atoms with Crippen LogP contribution in [0.15, 0.2) is 77.7 Å². The number of hydrogen-bond acceptors (Lipinski definition) is 5. The van der Waals surface area contributed by atoms with Crippen LogP contribution in [0.5, 0.6) is 5.75 Å². The molecule has 0 fully saturated rings. The fourth-order valence-electron chi connectivity index (χ4n) is 3.44. The second-order valence-corrected chi connectivity index (χ2v) is 9.61. The summed E-state index contributed by atoms with van der Waals surface area (Å²) in [5, 5.41) is 2.91. The highest BCUT2D eigenvalue weighted by molar-refractivity contribution is 7.92. The van der Waals surface area contributed by atoms with Gasteiger partial charge in [0.05, 0.1) is 18.0 Å². The smallest absolute Gasteiger partial charge is 0.261 e. The normalized spacial score (nSPS) is 12.3. The lowest BCUT2D eigenvalue weighted by molar-refractivity contribution is 0.0941. The molecule has 0 radical (unpaired) electrons. The van der Waals surface area contributed by atoms with Crippen molar-refractivity contribution in [2.24, 2.45) is 0 Å². The molecule has 8 heteroatoms. The second-order valence-electron chi connectivity index (χ2n) is 7.93. The molecule has 0 aliphatic rings. The molecule has 0 bridgehead atoms. The number of ether oxygens (including phenoxy) is 1. The summed E-state index contributed by atoms with van der Waals surface area (Å²) in [6.07, 6.45) is 0. The van der Waals surface area contributed by atoms with Gasteiger partial charge in [-0.15, -0.1) is 0 Å². The first-order valence-electron chi connectivity index (χ1n) is 10.5. The van der Waals surface area contributed by atoms with E-state index in [2.05, 4.69) is 10.0 Å². The number of nitrogens with one attached hydrogen (secondary N) is 2. The Balaban J connectivity index is 1.75.